The minimum Gasteiger partial charge on any atom is -0.389 e. The van der Waals surface area contributed by atoms with E-state index in [1.54, 1.807) is 24.3 Å². The monoisotopic (exact) mass is 994 g/mol. The fraction of sp³-hybridized carbons (Fsp3) is 0.0714. The Morgan fingerprint density at radius 2 is 0.787 bits per heavy atom. The van der Waals surface area contributed by atoms with E-state index < -0.39 is 35.6 Å². The standard InChI is InChI=1S/C56H45N3Si.Pt/c1-40-18-14-19-41(2)55(40)46-32-34-57-53(38-46)44-22-16-24-48(36-44)59(60(50-26-8-5-9-27-50,51-28-10-6-11-29-51)52-30-12-7-13-31-52)49-25-17-23-45(37-49)54-39-47(33-35-58-54)56-42(3)20-15-21-43(56)4;/h5-35,38-39H,1-4H3;/q-2;+2/i1D3,2D3,3D3,4D3;. The molecule has 9 rings (SSSR count). The summed E-state index contributed by atoms with van der Waals surface area (Å²) >= 11 is 0. The third kappa shape index (κ3) is 7.98. The first-order valence-electron chi connectivity index (χ1n) is 25.5. The van der Waals surface area contributed by atoms with E-state index in [1.165, 1.54) is 48.8 Å². The molecule has 0 bridgehead atoms. The van der Waals surface area contributed by atoms with Crippen LogP contribution in [0.2, 0.25) is 0 Å². The smallest absolute Gasteiger partial charge is 0.389 e. The number of aromatic nitrogens is 2. The summed E-state index contributed by atoms with van der Waals surface area (Å²) in [4.78, 5) is 9.50. The molecule has 2 aromatic heterocycles. The normalized spacial score (nSPS) is 14.9. The van der Waals surface area contributed by atoms with Crippen molar-refractivity contribution in [3.63, 3.8) is 0 Å². The van der Waals surface area contributed by atoms with Gasteiger partial charge in [0.1, 0.15) is 0 Å². The molecule has 5 heteroatoms. The van der Waals surface area contributed by atoms with Crippen molar-refractivity contribution >= 4 is 35.2 Å². The Bertz CT molecular complexity index is 3060. The summed E-state index contributed by atoms with van der Waals surface area (Å²) in [5.74, 6) is 0. The number of benzene rings is 7. The predicted octanol–water partition coefficient (Wildman–Crippen LogP) is 11.8. The summed E-state index contributed by atoms with van der Waals surface area (Å²) in [7, 11) is -3.54. The molecule has 0 atom stereocenters. The van der Waals surface area contributed by atoms with Gasteiger partial charge < -0.3 is 14.5 Å². The van der Waals surface area contributed by atoms with Crippen molar-refractivity contribution in [2.24, 2.45) is 0 Å². The van der Waals surface area contributed by atoms with E-state index in [0.717, 1.165) is 15.6 Å². The van der Waals surface area contributed by atoms with Crippen molar-refractivity contribution < 1.29 is 37.5 Å². The SMILES string of the molecule is [2H]C([2H])([2H])c1cccc(C([2H])([2H])[2H])c1-c1ccnc(-c2[c-]c(N(c3[c-]c(-c4cc(-c5c(C([2H])([2H])[2H])cccc5C([2H])([2H])[2H])ccn4)ccc3)[Si](c3ccccc3)(c3ccccc3)c3ccccc3)ccc2)c1.[Pt+2]. The fourth-order valence-corrected chi connectivity index (χ4v) is 12.9. The summed E-state index contributed by atoms with van der Waals surface area (Å²) in [5, 5.41) is 3.08. The first kappa shape index (κ1) is 28.9. The second-order valence-electron chi connectivity index (χ2n) is 14.4. The molecule has 2 heterocycles. The van der Waals surface area contributed by atoms with Crippen LogP contribution in [0.3, 0.4) is 0 Å². The molecule has 0 saturated carbocycles. The van der Waals surface area contributed by atoms with Crippen LogP contribution < -0.4 is 20.1 Å². The van der Waals surface area contributed by atoms with Gasteiger partial charge in [0.05, 0.1) is 0 Å². The van der Waals surface area contributed by atoms with Gasteiger partial charge in [-0.25, -0.2) is 0 Å². The van der Waals surface area contributed by atoms with Gasteiger partial charge in [-0.3, -0.25) is 0 Å². The number of nitrogens with zero attached hydrogens (tertiary/aromatic N) is 3. The van der Waals surface area contributed by atoms with Gasteiger partial charge in [0, 0.05) is 28.8 Å². The predicted molar refractivity (Wildman–Crippen MR) is 253 cm³/mol. The number of hydrogen-bond acceptors (Lipinski definition) is 3. The Morgan fingerprint density at radius 3 is 1.15 bits per heavy atom. The molecule has 298 valence electrons. The number of hydrogen-bond donors (Lipinski definition) is 0. The molecule has 0 N–H and O–H groups in total. The van der Waals surface area contributed by atoms with Crippen LogP contribution in [-0.2, 0) is 21.1 Å². The maximum Gasteiger partial charge on any atom is 2.00 e. The van der Waals surface area contributed by atoms with Crippen LogP contribution >= 0.6 is 0 Å². The Hall–Kier alpha value is -6.45. The van der Waals surface area contributed by atoms with Crippen LogP contribution in [0.1, 0.15) is 38.7 Å². The number of anilines is 2. The van der Waals surface area contributed by atoms with Crippen molar-refractivity contribution in [1.82, 2.24) is 9.97 Å². The van der Waals surface area contributed by atoms with Crippen molar-refractivity contribution in [2.45, 2.75) is 27.4 Å². The zero-order valence-corrected chi connectivity index (χ0v) is 36.0. The van der Waals surface area contributed by atoms with Crippen molar-refractivity contribution in [2.75, 3.05) is 4.57 Å². The van der Waals surface area contributed by atoms with Gasteiger partial charge in [-0.15, -0.1) is 59.7 Å². The summed E-state index contributed by atoms with van der Waals surface area (Å²) < 4.78 is 103. The van der Waals surface area contributed by atoms with Crippen molar-refractivity contribution in [3.8, 4) is 44.8 Å². The molecule has 61 heavy (non-hydrogen) atoms. The van der Waals surface area contributed by atoms with Gasteiger partial charge >= 0.3 is 21.1 Å². The van der Waals surface area contributed by atoms with Crippen LogP contribution in [0, 0.1) is 39.5 Å². The molecule has 0 unspecified atom stereocenters. The largest absolute Gasteiger partial charge is 2.00 e. The Morgan fingerprint density at radius 1 is 0.426 bits per heavy atom. The third-order valence-electron chi connectivity index (χ3n) is 10.7. The van der Waals surface area contributed by atoms with E-state index in [4.69, 9.17) is 26.4 Å². The van der Waals surface area contributed by atoms with Gasteiger partial charge in [-0.1, -0.05) is 151 Å². The van der Waals surface area contributed by atoms with Gasteiger partial charge in [0.25, 0.3) is 8.24 Å². The van der Waals surface area contributed by atoms with Gasteiger partial charge in [0.2, 0.25) is 0 Å². The van der Waals surface area contributed by atoms with Crippen molar-refractivity contribution in [3.05, 3.63) is 235 Å². The van der Waals surface area contributed by atoms with E-state index in [-0.39, 0.29) is 54.4 Å². The molecule has 0 amide bonds. The molecular formula is C56H45N3PtSi. The first-order valence-corrected chi connectivity index (χ1v) is 21.4. The minimum atomic E-state index is -3.54. The van der Waals surface area contributed by atoms with E-state index >= 15 is 0 Å². The van der Waals surface area contributed by atoms with Gasteiger partial charge in [0.15, 0.2) is 0 Å². The van der Waals surface area contributed by atoms with E-state index in [1.807, 2.05) is 91.0 Å². The topological polar surface area (TPSA) is 29.0 Å². The fourth-order valence-electron chi connectivity index (χ4n) is 8.08. The molecule has 3 nitrogen and oxygen atoms in total. The average molecular weight is 995 g/mol. The minimum absolute atomic E-state index is 0. The molecule has 0 aliphatic heterocycles. The molecule has 0 aliphatic carbocycles. The summed E-state index contributed by atoms with van der Waals surface area (Å²) in [6.45, 7) is -10.5. The van der Waals surface area contributed by atoms with Crippen LogP contribution in [0.15, 0.2) is 200 Å². The summed E-state index contributed by atoms with van der Waals surface area (Å²) in [6.07, 6.45) is 3.07. The second kappa shape index (κ2) is 18.0. The molecule has 7 aromatic carbocycles. The van der Waals surface area contributed by atoms with Crippen molar-refractivity contribution in [1.29, 1.82) is 0 Å². The van der Waals surface area contributed by atoms with E-state index in [2.05, 4.69) is 53.1 Å². The zero-order chi connectivity index (χ0) is 51.1. The molecular weight excluding hydrogens is 938 g/mol. The Kier molecular flexibility index (Phi) is 8.55. The average Bonchev–Trinajstić information content (AvgIpc) is 3.37. The quantitative estimate of drug-likeness (QED) is 0.0777. The molecule has 0 radical (unpaired) electrons. The van der Waals surface area contributed by atoms with Crippen LogP contribution in [-0.4, -0.2) is 18.2 Å². The Balaban J connectivity index is 0.00000711. The zero-order valence-electron chi connectivity index (χ0n) is 44.7. The molecule has 0 fully saturated rings. The Labute approximate surface area is 392 Å². The second-order valence-corrected chi connectivity index (χ2v) is 18.0. The van der Waals surface area contributed by atoms with Gasteiger partial charge in [-0.2, -0.15) is 0 Å². The molecule has 0 spiro atoms. The maximum absolute atomic E-state index is 8.37. The van der Waals surface area contributed by atoms with Crippen LogP contribution in [0.5, 0.6) is 0 Å². The molecule has 0 saturated heterocycles. The van der Waals surface area contributed by atoms with E-state index in [9.17, 15) is 0 Å². The number of aryl methyl sites for hydroxylation is 4. The number of pyridine rings is 2. The van der Waals surface area contributed by atoms with E-state index in [0.29, 0.717) is 45.0 Å². The molecule has 0 aliphatic rings. The molecule has 9 aromatic rings. The van der Waals surface area contributed by atoms with Gasteiger partial charge in [-0.05, 0) is 111 Å². The summed E-state index contributed by atoms with van der Waals surface area (Å²) in [6, 6.07) is 64.9. The summed E-state index contributed by atoms with van der Waals surface area (Å²) in [5.41, 5.74) is 3.78. The first-order chi connectivity index (χ1) is 34.3. The van der Waals surface area contributed by atoms with Crippen LogP contribution in [0.25, 0.3) is 44.8 Å². The third-order valence-corrected chi connectivity index (χ3v) is 15.4. The maximum atomic E-state index is 8.37. The van der Waals surface area contributed by atoms with Crippen LogP contribution in [0.4, 0.5) is 11.4 Å². The number of rotatable bonds is 10.